The normalized spacial score (nSPS) is 14.1. The zero-order chi connectivity index (χ0) is 64.2. The summed E-state index contributed by atoms with van der Waals surface area (Å²) in [5.74, 6) is -1.39. The first-order chi connectivity index (χ1) is 42.0. The van der Waals surface area contributed by atoms with Crippen molar-refractivity contribution >= 4 is 39.5 Å². The van der Waals surface area contributed by atoms with Gasteiger partial charge in [-0.1, -0.05) is 298 Å². The molecule has 0 aliphatic carbocycles. The number of hydrogen-bond donors (Lipinski definition) is 3. The molecular weight excluding hydrogens is 1150 g/mol. The molecule has 0 aromatic rings. The van der Waals surface area contributed by atoms with Crippen LogP contribution in [0, 0.1) is 5.92 Å². The second-order valence-corrected chi connectivity index (χ2v) is 27.9. The van der Waals surface area contributed by atoms with Crippen LogP contribution in [0.1, 0.15) is 349 Å². The molecule has 0 radical (unpaired) electrons. The monoisotopic (exact) mass is 1280 g/mol. The van der Waals surface area contributed by atoms with Gasteiger partial charge in [-0.25, -0.2) is 9.13 Å². The molecule has 0 fully saturated rings. The van der Waals surface area contributed by atoms with E-state index in [9.17, 15) is 43.2 Å². The third-order valence-corrected chi connectivity index (χ3v) is 17.7. The molecule has 0 aromatic carbocycles. The fourth-order valence-corrected chi connectivity index (χ4v) is 11.9. The number of unbranched alkanes of at least 4 members (excludes halogenated alkanes) is 40. The van der Waals surface area contributed by atoms with Gasteiger partial charge in [0.25, 0.3) is 0 Å². The largest absolute Gasteiger partial charge is 0.472 e. The fourth-order valence-electron chi connectivity index (χ4n) is 10.3. The van der Waals surface area contributed by atoms with Crippen molar-refractivity contribution in [2.24, 2.45) is 5.92 Å². The van der Waals surface area contributed by atoms with Crippen LogP contribution in [-0.4, -0.2) is 96.7 Å². The van der Waals surface area contributed by atoms with Crippen molar-refractivity contribution in [1.29, 1.82) is 0 Å². The van der Waals surface area contributed by atoms with E-state index in [1.165, 1.54) is 173 Å². The maximum absolute atomic E-state index is 13.0. The minimum absolute atomic E-state index is 0.106. The van der Waals surface area contributed by atoms with E-state index in [4.69, 9.17) is 37.0 Å². The molecule has 0 rings (SSSR count). The van der Waals surface area contributed by atoms with E-state index in [1.807, 2.05) is 0 Å². The van der Waals surface area contributed by atoms with Crippen molar-refractivity contribution in [3.05, 3.63) is 0 Å². The summed E-state index contributed by atoms with van der Waals surface area (Å²) < 4.78 is 68.2. The average molecular weight is 1280 g/mol. The topological polar surface area (TPSA) is 237 Å². The van der Waals surface area contributed by atoms with E-state index in [2.05, 4.69) is 34.6 Å². The number of ether oxygens (including phenoxy) is 4. The molecule has 0 heterocycles. The minimum Gasteiger partial charge on any atom is -0.462 e. The van der Waals surface area contributed by atoms with Crippen molar-refractivity contribution in [3.8, 4) is 0 Å². The Balaban J connectivity index is 5.25. The molecular formula is C68H132O17P2. The van der Waals surface area contributed by atoms with Crippen LogP contribution in [0.25, 0.3) is 0 Å². The van der Waals surface area contributed by atoms with Crippen molar-refractivity contribution in [1.82, 2.24) is 0 Å². The summed E-state index contributed by atoms with van der Waals surface area (Å²) >= 11 is 0. The fraction of sp³-hybridized carbons (Fsp3) is 0.941. The number of phosphoric ester groups is 2. The number of phosphoric acid groups is 2. The molecule has 0 aliphatic rings. The smallest absolute Gasteiger partial charge is 0.462 e. The lowest BCUT2D eigenvalue weighted by Gasteiger charge is -2.21. The van der Waals surface area contributed by atoms with E-state index >= 15 is 0 Å². The number of rotatable bonds is 68. The van der Waals surface area contributed by atoms with E-state index in [0.717, 1.165) is 95.8 Å². The molecule has 0 spiro atoms. The lowest BCUT2D eigenvalue weighted by atomic mass is 10.0. The Morgan fingerprint density at radius 2 is 0.529 bits per heavy atom. The summed E-state index contributed by atoms with van der Waals surface area (Å²) in [5.41, 5.74) is 0. The lowest BCUT2D eigenvalue weighted by Crippen LogP contribution is -2.30. The molecule has 0 amide bonds. The maximum atomic E-state index is 13.0. The second kappa shape index (κ2) is 61.6. The highest BCUT2D eigenvalue weighted by Gasteiger charge is 2.30. The van der Waals surface area contributed by atoms with Crippen LogP contribution in [0.4, 0.5) is 0 Å². The average Bonchev–Trinajstić information content (AvgIpc) is 3.60. The van der Waals surface area contributed by atoms with Crippen LogP contribution in [0.3, 0.4) is 0 Å². The SMILES string of the molecule is CCCCCCCCCCCCCCC(=O)OC[C@H](COP(=O)(O)OC[C@@H](O)COP(=O)(O)OC[C@@H](COC(=O)CCCCCCCCCCCCC)OC(=O)CCCCCCCCCCCCCC)OC(=O)CCCCCCCCCCCC(C)C. The van der Waals surface area contributed by atoms with Gasteiger partial charge in [0.1, 0.15) is 19.3 Å². The van der Waals surface area contributed by atoms with E-state index in [-0.39, 0.29) is 25.7 Å². The van der Waals surface area contributed by atoms with Gasteiger partial charge >= 0.3 is 39.5 Å². The first-order valence-electron chi connectivity index (χ1n) is 35.6. The summed E-state index contributed by atoms with van der Waals surface area (Å²) in [7, 11) is -9.89. The molecule has 5 atom stereocenters. The molecule has 0 bridgehead atoms. The molecule has 2 unspecified atom stereocenters. The molecule has 17 nitrogen and oxygen atoms in total. The van der Waals surface area contributed by atoms with Crippen molar-refractivity contribution in [3.63, 3.8) is 0 Å². The van der Waals surface area contributed by atoms with Gasteiger partial charge in [-0.3, -0.25) is 37.3 Å². The number of aliphatic hydroxyl groups excluding tert-OH is 1. The predicted octanol–water partition coefficient (Wildman–Crippen LogP) is 19.4. The summed E-state index contributed by atoms with van der Waals surface area (Å²) in [4.78, 5) is 72.4. The highest BCUT2D eigenvalue weighted by molar-refractivity contribution is 7.47. The van der Waals surface area contributed by atoms with Crippen LogP contribution in [0.2, 0.25) is 0 Å². The van der Waals surface area contributed by atoms with Crippen LogP contribution in [0.15, 0.2) is 0 Å². The Morgan fingerprint density at radius 3 is 0.782 bits per heavy atom. The lowest BCUT2D eigenvalue weighted by molar-refractivity contribution is -0.161. The quantitative estimate of drug-likeness (QED) is 0.0222. The van der Waals surface area contributed by atoms with Gasteiger partial charge in [-0.15, -0.1) is 0 Å². The summed E-state index contributed by atoms with van der Waals surface area (Å²) in [6, 6.07) is 0. The van der Waals surface area contributed by atoms with E-state index in [0.29, 0.717) is 25.7 Å². The molecule has 19 heteroatoms. The molecule has 0 saturated carbocycles. The number of carbonyl (C=O) groups excluding carboxylic acids is 4. The molecule has 0 aliphatic heterocycles. The minimum atomic E-state index is -4.95. The zero-order valence-electron chi connectivity index (χ0n) is 56.2. The molecule has 87 heavy (non-hydrogen) atoms. The summed E-state index contributed by atoms with van der Waals surface area (Å²) in [6.45, 7) is 7.21. The van der Waals surface area contributed by atoms with Gasteiger partial charge in [0.2, 0.25) is 0 Å². The van der Waals surface area contributed by atoms with Gasteiger partial charge in [0, 0.05) is 25.7 Å². The highest BCUT2D eigenvalue weighted by Crippen LogP contribution is 2.45. The van der Waals surface area contributed by atoms with Gasteiger partial charge in [-0.2, -0.15) is 0 Å². The van der Waals surface area contributed by atoms with Crippen molar-refractivity contribution in [2.75, 3.05) is 39.6 Å². The number of carbonyl (C=O) groups is 4. The number of aliphatic hydroxyl groups is 1. The van der Waals surface area contributed by atoms with Crippen LogP contribution in [0.5, 0.6) is 0 Å². The Hall–Kier alpha value is -1.94. The van der Waals surface area contributed by atoms with Crippen molar-refractivity contribution in [2.45, 2.75) is 368 Å². The molecule has 0 aromatic heterocycles. The molecule has 516 valence electrons. The Morgan fingerprint density at radius 1 is 0.310 bits per heavy atom. The second-order valence-electron chi connectivity index (χ2n) is 25.0. The number of hydrogen-bond acceptors (Lipinski definition) is 15. The van der Waals surface area contributed by atoms with Gasteiger partial charge in [0.05, 0.1) is 26.4 Å². The Labute approximate surface area is 530 Å². The predicted molar refractivity (Wildman–Crippen MR) is 349 cm³/mol. The maximum Gasteiger partial charge on any atom is 0.472 e. The van der Waals surface area contributed by atoms with Crippen LogP contribution < -0.4 is 0 Å². The summed E-state index contributed by atoms with van der Waals surface area (Å²) in [6.07, 6.45) is 47.0. The summed E-state index contributed by atoms with van der Waals surface area (Å²) in [5, 5.41) is 10.6. The Bertz CT molecular complexity index is 1690. The standard InChI is InChI=1S/C68H132O17P2/c1-6-9-12-15-18-21-24-27-32-37-42-47-52-66(71)79-58-64(85-68(73)54-49-44-39-34-29-30-35-40-45-50-61(4)5)60-83-87(76,77)81-56-62(69)55-80-86(74,75)82-59-63(57-78-65(70)51-46-41-36-31-26-23-20-17-14-11-8-3)84-67(72)53-48-43-38-33-28-25-22-19-16-13-10-7-2/h61-64,69H,6-60H2,1-5H3,(H,74,75)(H,76,77)/t62-,63+,64+/m0/s1. The molecule has 3 N–H and O–H groups in total. The molecule has 0 saturated heterocycles. The van der Waals surface area contributed by atoms with Crippen LogP contribution in [-0.2, 0) is 65.4 Å². The third-order valence-electron chi connectivity index (χ3n) is 15.8. The number of esters is 4. The van der Waals surface area contributed by atoms with Gasteiger partial charge in [-0.05, 0) is 31.6 Å². The third kappa shape index (κ3) is 62.6. The highest BCUT2D eigenvalue weighted by atomic mass is 31.2. The first-order valence-corrected chi connectivity index (χ1v) is 38.6. The van der Waals surface area contributed by atoms with Crippen molar-refractivity contribution < 1.29 is 80.2 Å². The van der Waals surface area contributed by atoms with Crippen LogP contribution >= 0.6 is 15.6 Å². The first kappa shape index (κ1) is 85.1. The van der Waals surface area contributed by atoms with Gasteiger partial charge < -0.3 is 33.8 Å². The van der Waals surface area contributed by atoms with Gasteiger partial charge in [0.15, 0.2) is 12.2 Å². The van der Waals surface area contributed by atoms with E-state index < -0.39 is 97.5 Å². The zero-order valence-corrected chi connectivity index (χ0v) is 57.9. The van der Waals surface area contributed by atoms with E-state index in [1.54, 1.807) is 0 Å². The Kier molecular flexibility index (Phi) is 60.2.